The van der Waals surface area contributed by atoms with Crippen molar-refractivity contribution in [3.63, 3.8) is 0 Å². The number of benzene rings is 4. The first-order valence-corrected chi connectivity index (χ1v) is 10.9. The first-order chi connectivity index (χ1) is 15.1. The first kappa shape index (κ1) is 18.2. The third-order valence-corrected chi connectivity index (χ3v) is 7.02. The van der Waals surface area contributed by atoms with E-state index in [1.165, 1.54) is 44.2 Å². The predicted molar refractivity (Wildman–Crippen MR) is 131 cm³/mol. The molecule has 2 aliphatic carbocycles. The number of nitrogens with zero attached hydrogens (tertiary/aromatic N) is 2. The molecule has 4 aromatic carbocycles. The molecule has 0 radical (unpaired) electrons. The molecule has 4 aromatic rings. The van der Waals surface area contributed by atoms with Gasteiger partial charge in [-0.25, -0.2) is 0 Å². The van der Waals surface area contributed by atoms with Crippen molar-refractivity contribution in [3.05, 3.63) is 95.1 Å². The molecule has 1 N–H and O–H groups in total. The standard InChI is InChI=1S/C28H25N3/c1-30(22-13-14-24-21(17-22)16-20-6-3-4-8-23(20)24)28(29)31(2)26-15-12-19-11-10-18-7-5-9-25(26)27(18)19/h3-9,12-15,17,29H,10-11,16H2,1-2H3. The molecule has 0 aromatic heterocycles. The molecule has 0 bridgehead atoms. The summed E-state index contributed by atoms with van der Waals surface area (Å²) in [6.07, 6.45) is 3.20. The largest absolute Gasteiger partial charge is 0.316 e. The number of hydrogen-bond donors (Lipinski definition) is 1. The zero-order valence-corrected chi connectivity index (χ0v) is 17.9. The maximum Gasteiger partial charge on any atom is 0.202 e. The van der Waals surface area contributed by atoms with Crippen LogP contribution in [0.15, 0.2) is 72.8 Å². The van der Waals surface area contributed by atoms with Crippen molar-refractivity contribution in [1.29, 1.82) is 5.41 Å². The number of guanidine groups is 1. The number of aryl methyl sites for hydroxylation is 2. The van der Waals surface area contributed by atoms with E-state index in [0.717, 1.165) is 30.6 Å². The lowest BCUT2D eigenvalue weighted by molar-refractivity contribution is 1.02. The van der Waals surface area contributed by atoms with E-state index < -0.39 is 0 Å². The third-order valence-electron chi connectivity index (χ3n) is 7.02. The minimum atomic E-state index is 0.467. The van der Waals surface area contributed by atoms with Gasteiger partial charge in [-0.2, -0.15) is 0 Å². The fraction of sp³-hybridized carbons (Fsp3) is 0.179. The van der Waals surface area contributed by atoms with Crippen LogP contribution in [0.25, 0.3) is 21.9 Å². The monoisotopic (exact) mass is 403 g/mol. The van der Waals surface area contributed by atoms with E-state index in [9.17, 15) is 0 Å². The molecule has 0 fully saturated rings. The van der Waals surface area contributed by atoms with Gasteiger partial charge in [-0.15, -0.1) is 0 Å². The molecule has 6 rings (SSSR count). The Hall–Kier alpha value is -3.59. The summed E-state index contributed by atoms with van der Waals surface area (Å²) >= 11 is 0. The van der Waals surface area contributed by atoms with E-state index in [2.05, 4.69) is 72.8 Å². The topological polar surface area (TPSA) is 30.3 Å². The maximum atomic E-state index is 8.95. The molecule has 0 unspecified atom stereocenters. The Morgan fingerprint density at radius 3 is 2.32 bits per heavy atom. The van der Waals surface area contributed by atoms with Gasteiger partial charge in [0.15, 0.2) is 0 Å². The molecule has 3 heteroatoms. The summed E-state index contributed by atoms with van der Waals surface area (Å²) in [5, 5.41) is 11.6. The Balaban J connectivity index is 1.33. The summed E-state index contributed by atoms with van der Waals surface area (Å²) in [6.45, 7) is 0. The summed E-state index contributed by atoms with van der Waals surface area (Å²) < 4.78 is 0. The summed E-state index contributed by atoms with van der Waals surface area (Å²) in [5.41, 5.74) is 10.4. The highest BCUT2D eigenvalue weighted by molar-refractivity contribution is 6.11. The number of fused-ring (bicyclic) bond motifs is 3. The highest BCUT2D eigenvalue weighted by Crippen LogP contribution is 2.39. The Labute approximate surface area is 183 Å². The van der Waals surface area contributed by atoms with Crippen LogP contribution in [0.2, 0.25) is 0 Å². The molecule has 152 valence electrons. The van der Waals surface area contributed by atoms with Gasteiger partial charge in [0.2, 0.25) is 5.96 Å². The van der Waals surface area contributed by atoms with Crippen molar-refractivity contribution in [2.24, 2.45) is 0 Å². The van der Waals surface area contributed by atoms with E-state index in [-0.39, 0.29) is 0 Å². The normalized spacial score (nSPS) is 13.2. The zero-order chi connectivity index (χ0) is 21.1. The zero-order valence-electron chi connectivity index (χ0n) is 17.9. The summed E-state index contributed by atoms with van der Waals surface area (Å²) in [7, 11) is 3.99. The quantitative estimate of drug-likeness (QED) is 0.289. The van der Waals surface area contributed by atoms with Crippen molar-refractivity contribution in [3.8, 4) is 11.1 Å². The van der Waals surface area contributed by atoms with Gasteiger partial charge in [-0.1, -0.05) is 54.6 Å². The van der Waals surface area contributed by atoms with Crippen LogP contribution in [0, 0.1) is 5.41 Å². The average molecular weight is 404 g/mol. The van der Waals surface area contributed by atoms with Gasteiger partial charge < -0.3 is 9.80 Å². The molecule has 0 spiro atoms. The van der Waals surface area contributed by atoms with Gasteiger partial charge in [-0.05, 0) is 76.2 Å². The number of nitrogens with one attached hydrogen (secondary N) is 1. The van der Waals surface area contributed by atoms with Crippen LogP contribution in [0.1, 0.15) is 22.3 Å². The molecule has 2 aliphatic rings. The lowest BCUT2D eigenvalue weighted by Crippen LogP contribution is -2.39. The van der Waals surface area contributed by atoms with Gasteiger partial charge in [0.25, 0.3) is 0 Å². The second kappa shape index (κ2) is 6.71. The van der Waals surface area contributed by atoms with Crippen molar-refractivity contribution >= 4 is 28.1 Å². The number of rotatable bonds is 2. The summed E-state index contributed by atoms with van der Waals surface area (Å²) in [6, 6.07) is 26.2. The molecule has 0 atom stereocenters. The minimum Gasteiger partial charge on any atom is -0.316 e. The number of anilines is 2. The highest BCUT2D eigenvalue weighted by atomic mass is 15.3. The number of hydrogen-bond acceptors (Lipinski definition) is 1. The van der Waals surface area contributed by atoms with Crippen LogP contribution in [0.5, 0.6) is 0 Å². The lowest BCUT2D eigenvalue weighted by Gasteiger charge is -2.29. The fourth-order valence-electron chi connectivity index (χ4n) is 5.33. The van der Waals surface area contributed by atoms with E-state index in [4.69, 9.17) is 5.41 Å². The van der Waals surface area contributed by atoms with E-state index >= 15 is 0 Å². The van der Waals surface area contributed by atoms with Gasteiger partial charge in [0, 0.05) is 25.2 Å². The van der Waals surface area contributed by atoms with Crippen molar-refractivity contribution in [2.75, 3.05) is 23.9 Å². The predicted octanol–water partition coefficient (Wildman–Crippen LogP) is 6.02. The fourth-order valence-corrected chi connectivity index (χ4v) is 5.33. The smallest absolute Gasteiger partial charge is 0.202 e. The highest BCUT2D eigenvalue weighted by Gasteiger charge is 2.22. The Morgan fingerprint density at radius 2 is 1.45 bits per heavy atom. The molecule has 3 nitrogen and oxygen atoms in total. The molecular formula is C28H25N3. The molecule has 0 heterocycles. The molecule has 0 saturated heterocycles. The Morgan fingerprint density at radius 1 is 0.710 bits per heavy atom. The summed E-state index contributed by atoms with van der Waals surface area (Å²) in [5.74, 6) is 0.467. The SMILES string of the molecule is CN(C(=N)N(C)c1ccc2c3c(cccc13)CC2)c1ccc2c(c1)Cc1ccccc1-2. The van der Waals surface area contributed by atoms with Crippen LogP contribution in [0.3, 0.4) is 0 Å². The molecule has 0 saturated carbocycles. The molecule has 0 aliphatic heterocycles. The molecule has 0 amide bonds. The van der Waals surface area contributed by atoms with Crippen molar-refractivity contribution in [1.82, 2.24) is 0 Å². The van der Waals surface area contributed by atoms with Gasteiger partial charge in [-0.3, -0.25) is 5.41 Å². The van der Waals surface area contributed by atoms with E-state index in [1.807, 2.05) is 23.9 Å². The van der Waals surface area contributed by atoms with Crippen molar-refractivity contribution in [2.45, 2.75) is 19.3 Å². The third kappa shape index (κ3) is 2.70. The second-order valence-corrected chi connectivity index (χ2v) is 8.70. The van der Waals surface area contributed by atoms with E-state index in [1.54, 1.807) is 0 Å². The molecule has 31 heavy (non-hydrogen) atoms. The van der Waals surface area contributed by atoms with Crippen LogP contribution >= 0.6 is 0 Å². The van der Waals surface area contributed by atoms with Crippen LogP contribution < -0.4 is 9.80 Å². The molecular weight excluding hydrogens is 378 g/mol. The van der Waals surface area contributed by atoms with E-state index in [0.29, 0.717) is 5.96 Å². The lowest BCUT2D eigenvalue weighted by atomic mass is 10.0. The van der Waals surface area contributed by atoms with Crippen LogP contribution in [-0.4, -0.2) is 20.1 Å². The van der Waals surface area contributed by atoms with Crippen molar-refractivity contribution < 1.29 is 0 Å². The average Bonchev–Trinajstić information content (AvgIpc) is 3.40. The Bertz CT molecular complexity index is 1360. The second-order valence-electron chi connectivity index (χ2n) is 8.70. The van der Waals surface area contributed by atoms with Crippen LogP contribution in [-0.2, 0) is 19.3 Å². The maximum absolute atomic E-state index is 8.95. The Kier molecular flexibility index (Phi) is 3.94. The first-order valence-electron chi connectivity index (χ1n) is 10.9. The summed E-state index contributed by atoms with van der Waals surface area (Å²) in [4.78, 5) is 3.98. The van der Waals surface area contributed by atoms with Gasteiger partial charge >= 0.3 is 0 Å². The van der Waals surface area contributed by atoms with Gasteiger partial charge in [0.05, 0.1) is 5.69 Å². The van der Waals surface area contributed by atoms with Gasteiger partial charge in [0.1, 0.15) is 0 Å². The minimum absolute atomic E-state index is 0.467. The van der Waals surface area contributed by atoms with Crippen LogP contribution in [0.4, 0.5) is 11.4 Å².